The van der Waals surface area contributed by atoms with Crippen molar-refractivity contribution in [2.24, 2.45) is 17.3 Å². The first kappa shape index (κ1) is 21.2. The molecule has 5 heteroatoms. The van der Waals surface area contributed by atoms with Crippen molar-refractivity contribution in [1.29, 1.82) is 0 Å². The molecular weight excluding hydrogens is 405 g/mol. The van der Waals surface area contributed by atoms with Gasteiger partial charge in [-0.25, -0.2) is 4.39 Å². The number of aliphatic carboxylic acids is 1. The molecule has 1 aromatic heterocycles. The number of aromatic nitrogens is 1. The van der Waals surface area contributed by atoms with E-state index >= 15 is 0 Å². The van der Waals surface area contributed by atoms with Crippen molar-refractivity contribution in [3.8, 4) is 5.75 Å². The molecule has 0 saturated heterocycles. The van der Waals surface area contributed by atoms with Gasteiger partial charge in [0.1, 0.15) is 11.6 Å². The molecule has 3 aliphatic rings. The summed E-state index contributed by atoms with van der Waals surface area (Å²) in [6.07, 6.45) is 11.6. The highest BCUT2D eigenvalue weighted by molar-refractivity contribution is 5.72. The first-order valence-corrected chi connectivity index (χ1v) is 11.7. The molecule has 0 radical (unpaired) electrons. The third-order valence-electron chi connectivity index (χ3n) is 8.10. The molecule has 32 heavy (non-hydrogen) atoms. The van der Waals surface area contributed by atoms with Crippen LogP contribution in [0.4, 0.5) is 4.39 Å². The summed E-state index contributed by atoms with van der Waals surface area (Å²) in [7, 11) is 0. The fourth-order valence-corrected chi connectivity index (χ4v) is 6.64. The summed E-state index contributed by atoms with van der Waals surface area (Å²) in [5.74, 6) is 1.58. The number of carbonyl (C=O) groups is 1. The minimum Gasteiger partial charge on any atom is -0.494 e. The molecule has 1 heterocycles. The van der Waals surface area contributed by atoms with Gasteiger partial charge in [-0.3, -0.25) is 9.78 Å². The van der Waals surface area contributed by atoms with Crippen LogP contribution in [-0.4, -0.2) is 22.7 Å². The molecule has 5 rings (SSSR count). The molecule has 0 spiro atoms. The van der Waals surface area contributed by atoms with E-state index in [-0.39, 0.29) is 17.7 Å². The van der Waals surface area contributed by atoms with E-state index in [1.54, 1.807) is 6.07 Å². The van der Waals surface area contributed by atoms with Gasteiger partial charge in [0, 0.05) is 12.6 Å². The number of aryl methyl sites for hydroxylation is 1. The van der Waals surface area contributed by atoms with E-state index < -0.39 is 5.97 Å². The monoisotopic (exact) mass is 435 g/mol. The fraction of sp³-hybridized carbons (Fsp3) is 0.481. The van der Waals surface area contributed by atoms with Crippen molar-refractivity contribution in [3.63, 3.8) is 0 Å². The summed E-state index contributed by atoms with van der Waals surface area (Å²) in [6.45, 7) is 2.81. The number of carboxylic acids is 1. The Morgan fingerprint density at radius 2 is 2.16 bits per heavy atom. The van der Waals surface area contributed by atoms with Gasteiger partial charge in [0.15, 0.2) is 0 Å². The van der Waals surface area contributed by atoms with E-state index in [2.05, 4.69) is 30.1 Å². The number of nitrogens with zero attached hydrogens (tertiary/aromatic N) is 1. The van der Waals surface area contributed by atoms with Crippen molar-refractivity contribution in [1.82, 2.24) is 4.98 Å². The molecule has 1 aromatic carbocycles. The number of benzene rings is 1. The molecular formula is C27H30FNO3. The Kier molecular flexibility index (Phi) is 5.52. The van der Waals surface area contributed by atoms with Gasteiger partial charge in [-0.2, -0.15) is 0 Å². The molecule has 1 saturated carbocycles. The molecule has 1 N–H and O–H groups in total. The van der Waals surface area contributed by atoms with Gasteiger partial charge in [-0.1, -0.05) is 19.1 Å². The quantitative estimate of drug-likeness (QED) is 0.564. The highest BCUT2D eigenvalue weighted by Crippen LogP contribution is 2.63. The zero-order valence-electron chi connectivity index (χ0n) is 18.5. The lowest BCUT2D eigenvalue weighted by Crippen LogP contribution is -2.40. The average molecular weight is 436 g/mol. The van der Waals surface area contributed by atoms with Crippen molar-refractivity contribution in [3.05, 3.63) is 65.2 Å². The lowest BCUT2D eigenvalue weighted by atomic mass is 9.54. The van der Waals surface area contributed by atoms with Crippen LogP contribution in [0.15, 0.2) is 42.7 Å². The van der Waals surface area contributed by atoms with Gasteiger partial charge >= 0.3 is 5.97 Å². The van der Waals surface area contributed by atoms with Crippen LogP contribution >= 0.6 is 0 Å². The maximum absolute atomic E-state index is 13.8. The molecule has 1 fully saturated rings. The zero-order valence-corrected chi connectivity index (χ0v) is 18.5. The van der Waals surface area contributed by atoms with E-state index in [4.69, 9.17) is 9.84 Å². The molecule has 0 bridgehead atoms. The van der Waals surface area contributed by atoms with Gasteiger partial charge in [-0.05, 0) is 102 Å². The van der Waals surface area contributed by atoms with Crippen LogP contribution in [0.1, 0.15) is 68.1 Å². The Labute approximate surface area is 188 Å². The van der Waals surface area contributed by atoms with Crippen LogP contribution in [0, 0.1) is 23.1 Å². The summed E-state index contributed by atoms with van der Waals surface area (Å²) < 4.78 is 19.7. The number of rotatable bonds is 6. The van der Waals surface area contributed by atoms with Gasteiger partial charge < -0.3 is 9.84 Å². The number of pyridine rings is 1. The molecule has 4 atom stereocenters. The van der Waals surface area contributed by atoms with E-state index in [1.165, 1.54) is 29.3 Å². The smallest absolute Gasteiger partial charge is 0.303 e. The van der Waals surface area contributed by atoms with Crippen molar-refractivity contribution >= 4 is 11.5 Å². The maximum Gasteiger partial charge on any atom is 0.303 e. The van der Waals surface area contributed by atoms with Crippen LogP contribution < -0.4 is 4.74 Å². The number of allylic oxidation sites excluding steroid dienone is 2. The van der Waals surface area contributed by atoms with E-state index in [1.807, 2.05) is 12.3 Å². The third-order valence-corrected chi connectivity index (χ3v) is 8.10. The van der Waals surface area contributed by atoms with Crippen molar-refractivity contribution in [2.45, 2.75) is 57.8 Å². The van der Waals surface area contributed by atoms with Crippen molar-refractivity contribution < 1.29 is 19.0 Å². The Balaban J connectivity index is 1.32. The van der Waals surface area contributed by atoms with Crippen LogP contribution in [0.2, 0.25) is 0 Å². The normalized spacial score (nSPS) is 28.3. The maximum atomic E-state index is 13.8. The predicted octanol–water partition coefficient (Wildman–Crippen LogP) is 6.01. The predicted molar refractivity (Wildman–Crippen MR) is 121 cm³/mol. The SMILES string of the molecule is C[C@]12CCC3c4ccc(OCCCC(=O)O)cc4CCC3C1CC=C2c1cncc(F)c1. The van der Waals surface area contributed by atoms with Gasteiger partial charge in [0.25, 0.3) is 0 Å². The molecule has 0 amide bonds. The van der Waals surface area contributed by atoms with Crippen LogP contribution in [0.25, 0.3) is 5.57 Å². The van der Waals surface area contributed by atoms with Crippen molar-refractivity contribution in [2.75, 3.05) is 6.61 Å². The first-order valence-electron chi connectivity index (χ1n) is 11.7. The van der Waals surface area contributed by atoms with E-state index in [0.29, 0.717) is 30.8 Å². The summed E-state index contributed by atoms with van der Waals surface area (Å²) in [5, 5.41) is 8.78. The molecule has 3 unspecified atom stereocenters. The fourth-order valence-electron chi connectivity index (χ4n) is 6.64. The molecule has 3 aliphatic carbocycles. The lowest BCUT2D eigenvalue weighted by molar-refractivity contribution is -0.137. The van der Waals surface area contributed by atoms with Gasteiger partial charge in [-0.15, -0.1) is 0 Å². The molecule has 168 valence electrons. The standard InChI is InChI=1S/C27H30FNO3/c1-27-11-10-22-21-7-5-20(32-12-2-3-26(30)31)14-17(21)4-6-23(22)25(27)9-8-24(27)18-13-19(28)16-29-15-18/h5,7-8,13-16,22-23,25H,2-4,6,9-12H2,1H3,(H,30,31)/t22?,23?,25?,27-/m1/s1. The Hall–Kier alpha value is -2.69. The van der Waals surface area contributed by atoms with Crippen LogP contribution in [0.5, 0.6) is 5.75 Å². The highest BCUT2D eigenvalue weighted by Gasteiger charge is 2.51. The zero-order chi connectivity index (χ0) is 22.3. The summed E-state index contributed by atoms with van der Waals surface area (Å²) in [6, 6.07) is 8.08. The van der Waals surface area contributed by atoms with Gasteiger partial charge in [0.2, 0.25) is 0 Å². The number of carboxylic acid groups (broad SMARTS) is 1. The van der Waals surface area contributed by atoms with Gasteiger partial charge in [0.05, 0.1) is 12.8 Å². The largest absolute Gasteiger partial charge is 0.494 e. The number of fused-ring (bicyclic) bond motifs is 5. The average Bonchev–Trinajstić information content (AvgIpc) is 3.13. The Morgan fingerprint density at radius 1 is 1.28 bits per heavy atom. The van der Waals surface area contributed by atoms with Crippen LogP contribution in [-0.2, 0) is 11.2 Å². The minimum atomic E-state index is -0.785. The summed E-state index contributed by atoms with van der Waals surface area (Å²) in [4.78, 5) is 14.8. The first-order chi connectivity index (χ1) is 15.5. The number of halogens is 1. The molecule has 2 aromatic rings. The van der Waals surface area contributed by atoms with Crippen LogP contribution in [0.3, 0.4) is 0 Å². The summed E-state index contributed by atoms with van der Waals surface area (Å²) in [5.41, 5.74) is 5.15. The Bertz CT molecular complexity index is 1060. The van der Waals surface area contributed by atoms with E-state index in [0.717, 1.165) is 37.0 Å². The topological polar surface area (TPSA) is 59.4 Å². The number of hydrogen-bond acceptors (Lipinski definition) is 3. The molecule has 4 nitrogen and oxygen atoms in total. The summed E-state index contributed by atoms with van der Waals surface area (Å²) >= 11 is 0. The molecule has 0 aliphatic heterocycles. The third kappa shape index (κ3) is 3.72. The second-order valence-electron chi connectivity index (χ2n) is 9.82. The minimum absolute atomic E-state index is 0.0847. The highest BCUT2D eigenvalue weighted by atomic mass is 19.1. The lowest BCUT2D eigenvalue weighted by Gasteiger charge is -2.50. The number of hydrogen-bond donors (Lipinski definition) is 1. The second kappa shape index (κ2) is 8.34. The second-order valence-corrected chi connectivity index (χ2v) is 9.82. The van der Waals surface area contributed by atoms with E-state index in [9.17, 15) is 9.18 Å². The Morgan fingerprint density at radius 3 is 2.97 bits per heavy atom. The number of ether oxygens (including phenoxy) is 1.